The summed E-state index contributed by atoms with van der Waals surface area (Å²) in [5, 5.41) is 13.1. The van der Waals surface area contributed by atoms with Crippen molar-refractivity contribution >= 4 is 22.8 Å². The average Bonchev–Trinajstić information content (AvgIpc) is 3.21. The first-order valence-corrected chi connectivity index (χ1v) is 10.6. The van der Waals surface area contributed by atoms with Crippen molar-refractivity contribution in [3.63, 3.8) is 0 Å². The van der Waals surface area contributed by atoms with Crippen LogP contribution in [0.1, 0.15) is 40.0 Å². The Bertz CT molecular complexity index is 1300. The van der Waals surface area contributed by atoms with Crippen molar-refractivity contribution in [1.82, 2.24) is 19.5 Å². The highest BCUT2D eigenvalue weighted by atomic mass is 16.5. The number of ether oxygens (including phenoxy) is 1. The molecular weight excluding hydrogens is 406 g/mol. The maximum atomic E-state index is 11.7. The van der Waals surface area contributed by atoms with E-state index in [-0.39, 0.29) is 11.6 Å². The predicted octanol–water partition coefficient (Wildman–Crippen LogP) is 4.01. The molecule has 5 rings (SSSR count). The summed E-state index contributed by atoms with van der Waals surface area (Å²) in [4.78, 5) is 25.8. The Hall–Kier alpha value is -3.94. The molecule has 2 N–H and O–H groups in total. The van der Waals surface area contributed by atoms with Crippen molar-refractivity contribution in [2.75, 3.05) is 12.4 Å². The maximum absolute atomic E-state index is 11.7. The number of imidazole rings is 1. The molecule has 32 heavy (non-hydrogen) atoms. The van der Waals surface area contributed by atoms with Crippen molar-refractivity contribution in [3.05, 3.63) is 70.9 Å². The van der Waals surface area contributed by atoms with Gasteiger partial charge in [-0.3, -0.25) is 0 Å². The molecule has 0 bridgehead atoms. The molecule has 4 aromatic rings. The van der Waals surface area contributed by atoms with Gasteiger partial charge in [-0.15, -0.1) is 0 Å². The second-order valence-electron chi connectivity index (χ2n) is 7.76. The summed E-state index contributed by atoms with van der Waals surface area (Å²) in [6.07, 6.45) is 3.99. The molecule has 0 radical (unpaired) electrons. The van der Waals surface area contributed by atoms with Gasteiger partial charge in [0, 0.05) is 12.1 Å². The molecule has 0 amide bonds. The van der Waals surface area contributed by atoms with E-state index in [4.69, 9.17) is 14.7 Å². The molecule has 8 nitrogen and oxygen atoms in total. The largest absolute Gasteiger partial charge is 0.478 e. The number of para-hydroxylation sites is 1. The number of aromatic carboxylic acids is 1. The molecule has 162 valence electrons. The second kappa shape index (κ2) is 8.30. The minimum absolute atomic E-state index is 0.111. The fraction of sp³-hybridized carbons (Fsp3) is 0.250. The number of nitrogens with one attached hydrogen (secondary N) is 1. The molecule has 0 spiro atoms. The summed E-state index contributed by atoms with van der Waals surface area (Å²) in [7, 11) is 1.51. The topological polar surface area (TPSA) is 102 Å². The van der Waals surface area contributed by atoms with E-state index in [0.29, 0.717) is 23.5 Å². The smallest absolute Gasteiger partial charge is 0.337 e. The number of rotatable bonds is 6. The molecule has 2 aromatic carbocycles. The van der Waals surface area contributed by atoms with Crippen molar-refractivity contribution < 1.29 is 14.6 Å². The monoisotopic (exact) mass is 429 g/mol. The van der Waals surface area contributed by atoms with Crippen LogP contribution in [0.4, 0.5) is 5.82 Å². The van der Waals surface area contributed by atoms with Gasteiger partial charge in [-0.25, -0.2) is 14.3 Å². The van der Waals surface area contributed by atoms with E-state index in [1.165, 1.54) is 13.2 Å². The van der Waals surface area contributed by atoms with Gasteiger partial charge in [0.15, 0.2) is 0 Å². The molecule has 2 aromatic heterocycles. The van der Waals surface area contributed by atoms with E-state index >= 15 is 0 Å². The molecule has 2 heterocycles. The number of carboxylic acid groups (broad SMARTS) is 1. The number of anilines is 1. The zero-order chi connectivity index (χ0) is 22.1. The lowest BCUT2D eigenvalue weighted by Gasteiger charge is -2.20. The molecular formula is C24H23N5O3. The fourth-order valence-electron chi connectivity index (χ4n) is 4.19. The Morgan fingerprint density at radius 3 is 2.66 bits per heavy atom. The summed E-state index contributed by atoms with van der Waals surface area (Å²) in [5.74, 6) is 0.175. The van der Waals surface area contributed by atoms with Crippen LogP contribution in [0.5, 0.6) is 6.01 Å². The number of carbonyl (C=O) groups is 1. The summed E-state index contributed by atoms with van der Waals surface area (Å²) < 4.78 is 7.18. The predicted molar refractivity (Wildman–Crippen MR) is 121 cm³/mol. The number of hydrogen-bond acceptors (Lipinski definition) is 6. The number of hydrogen-bond donors (Lipinski definition) is 2. The minimum atomic E-state index is -1.04. The Kier molecular flexibility index (Phi) is 5.18. The van der Waals surface area contributed by atoms with Crippen LogP contribution in [0.2, 0.25) is 0 Å². The molecule has 1 aliphatic rings. The third kappa shape index (κ3) is 3.53. The van der Waals surface area contributed by atoms with Crippen LogP contribution in [0.25, 0.3) is 17.0 Å². The highest BCUT2D eigenvalue weighted by Crippen LogP contribution is 2.31. The zero-order valence-electron chi connectivity index (χ0n) is 17.7. The summed E-state index contributed by atoms with van der Waals surface area (Å²) >= 11 is 0. The van der Waals surface area contributed by atoms with Crippen molar-refractivity contribution in [2.45, 2.75) is 32.2 Å². The molecule has 8 heteroatoms. The van der Waals surface area contributed by atoms with Gasteiger partial charge >= 0.3 is 12.0 Å². The molecule has 0 fully saturated rings. The van der Waals surface area contributed by atoms with Gasteiger partial charge < -0.3 is 15.2 Å². The maximum Gasteiger partial charge on any atom is 0.337 e. The van der Waals surface area contributed by atoms with Gasteiger partial charge in [-0.1, -0.05) is 36.4 Å². The fourth-order valence-corrected chi connectivity index (χ4v) is 4.19. The minimum Gasteiger partial charge on any atom is -0.478 e. The van der Waals surface area contributed by atoms with Crippen LogP contribution in [0, 0.1) is 0 Å². The standard InChI is InChI=1S/C24H23N5O3/c1-32-24-27-20-17(22(30)31)11-7-13-19(20)29(24)23-26-18-12-6-5-10-16(18)21(28-23)25-14-15-8-3-2-4-9-15/h2-4,7-9,11,13H,5-6,10,12,14H2,1H3,(H,30,31)(H,25,26,28). The third-order valence-corrected chi connectivity index (χ3v) is 5.74. The number of fused-ring (bicyclic) bond motifs is 2. The van der Waals surface area contributed by atoms with Crippen LogP contribution < -0.4 is 10.1 Å². The van der Waals surface area contributed by atoms with Crippen LogP contribution in [-0.2, 0) is 19.4 Å². The normalized spacial score (nSPS) is 13.0. The number of carboxylic acids is 1. The van der Waals surface area contributed by atoms with E-state index in [9.17, 15) is 9.90 Å². The number of methoxy groups -OCH3 is 1. The van der Waals surface area contributed by atoms with Gasteiger partial charge in [0.25, 0.3) is 0 Å². The Morgan fingerprint density at radius 1 is 1.06 bits per heavy atom. The van der Waals surface area contributed by atoms with Gasteiger partial charge in [0.2, 0.25) is 5.95 Å². The zero-order valence-corrected chi connectivity index (χ0v) is 17.7. The van der Waals surface area contributed by atoms with E-state index in [1.54, 1.807) is 16.7 Å². The van der Waals surface area contributed by atoms with E-state index in [2.05, 4.69) is 22.4 Å². The van der Waals surface area contributed by atoms with Gasteiger partial charge in [-0.2, -0.15) is 9.97 Å². The SMILES string of the molecule is COc1nc2c(C(=O)O)cccc2n1-c1nc2c(c(NCc3ccccc3)n1)CCCC2. The van der Waals surface area contributed by atoms with Gasteiger partial charge in [-0.05, 0) is 43.4 Å². The van der Waals surface area contributed by atoms with Gasteiger partial charge in [0.05, 0.1) is 23.9 Å². The lowest BCUT2D eigenvalue weighted by Crippen LogP contribution is -2.16. The van der Waals surface area contributed by atoms with Crippen LogP contribution in [-0.4, -0.2) is 37.7 Å². The quantitative estimate of drug-likeness (QED) is 0.477. The molecule has 0 unspecified atom stereocenters. The number of aromatic nitrogens is 4. The lowest BCUT2D eigenvalue weighted by atomic mass is 9.96. The van der Waals surface area contributed by atoms with Crippen molar-refractivity contribution in [3.8, 4) is 12.0 Å². The number of nitrogens with zero attached hydrogens (tertiary/aromatic N) is 4. The van der Waals surface area contributed by atoms with E-state index in [1.807, 2.05) is 18.2 Å². The van der Waals surface area contributed by atoms with Crippen molar-refractivity contribution in [1.29, 1.82) is 0 Å². The Labute approximate surface area is 184 Å². The lowest BCUT2D eigenvalue weighted by molar-refractivity contribution is 0.0699. The summed E-state index contributed by atoms with van der Waals surface area (Å²) in [6, 6.07) is 15.4. The van der Waals surface area contributed by atoms with Crippen LogP contribution >= 0.6 is 0 Å². The highest BCUT2D eigenvalue weighted by molar-refractivity contribution is 6.01. The first-order chi connectivity index (χ1) is 15.7. The highest BCUT2D eigenvalue weighted by Gasteiger charge is 2.23. The third-order valence-electron chi connectivity index (χ3n) is 5.74. The Balaban J connectivity index is 1.64. The summed E-state index contributed by atoms with van der Waals surface area (Å²) in [6.45, 7) is 0.648. The first kappa shape index (κ1) is 20.0. The number of aryl methyl sites for hydroxylation is 1. The van der Waals surface area contributed by atoms with E-state index < -0.39 is 5.97 Å². The molecule has 0 saturated heterocycles. The first-order valence-electron chi connectivity index (χ1n) is 10.6. The molecule has 0 saturated carbocycles. The van der Waals surface area contributed by atoms with E-state index in [0.717, 1.165) is 48.3 Å². The Morgan fingerprint density at radius 2 is 1.88 bits per heavy atom. The molecule has 0 atom stereocenters. The summed E-state index contributed by atoms with van der Waals surface area (Å²) in [5.41, 5.74) is 4.36. The van der Waals surface area contributed by atoms with Crippen LogP contribution in [0.15, 0.2) is 48.5 Å². The second-order valence-corrected chi connectivity index (χ2v) is 7.76. The number of benzene rings is 2. The van der Waals surface area contributed by atoms with Gasteiger partial charge in [0.1, 0.15) is 11.3 Å². The van der Waals surface area contributed by atoms with Crippen molar-refractivity contribution in [2.24, 2.45) is 0 Å². The van der Waals surface area contributed by atoms with Crippen LogP contribution in [0.3, 0.4) is 0 Å². The molecule has 1 aliphatic carbocycles. The molecule has 0 aliphatic heterocycles. The average molecular weight is 429 g/mol.